The maximum absolute atomic E-state index is 12.5. The van der Waals surface area contributed by atoms with Gasteiger partial charge in [0.25, 0.3) is 15.7 Å². The number of hydrogen-bond donors (Lipinski definition) is 0. The Morgan fingerprint density at radius 2 is 1.86 bits per heavy atom. The number of halogens is 1. The molecule has 0 saturated heterocycles. The van der Waals surface area contributed by atoms with E-state index in [0.717, 1.165) is 10.4 Å². The summed E-state index contributed by atoms with van der Waals surface area (Å²) in [7, 11) is -2.57. The van der Waals surface area contributed by atoms with Crippen molar-refractivity contribution in [1.82, 2.24) is 4.98 Å². The van der Waals surface area contributed by atoms with Gasteiger partial charge in [0, 0.05) is 25.5 Å². The van der Waals surface area contributed by atoms with E-state index in [4.69, 9.17) is 11.6 Å². The van der Waals surface area contributed by atoms with Gasteiger partial charge in [0.1, 0.15) is 5.02 Å². The maximum Gasteiger partial charge on any atom is 0.289 e. The van der Waals surface area contributed by atoms with Crippen molar-refractivity contribution in [3.63, 3.8) is 0 Å². The molecule has 0 N–H and O–H groups in total. The number of anilines is 1. The van der Waals surface area contributed by atoms with Crippen LogP contribution in [0.3, 0.4) is 0 Å². The highest BCUT2D eigenvalue weighted by atomic mass is 35.5. The summed E-state index contributed by atoms with van der Waals surface area (Å²) in [5, 5.41) is 10.7. The van der Waals surface area contributed by atoms with E-state index in [0.29, 0.717) is 5.69 Å². The zero-order valence-corrected chi connectivity index (χ0v) is 12.4. The average Bonchev–Trinajstić information content (AvgIpc) is 2.47. The molecule has 2 rings (SSSR count). The molecular weight excluding hydrogens is 318 g/mol. The molecule has 0 aliphatic carbocycles. The third kappa shape index (κ3) is 2.96. The van der Waals surface area contributed by atoms with Crippen LogP contribution < -0.4 is 4.31 Å². The molecule has 0 atom stereocenters. The molecule has 1 heterocycles. The van der Waals surface area contributed by atoms with Gasteiger partial charge < -0.3 is 0 Å². The van der Waals surface area contributed by atoms with Crippen molar-refractivity contribution < 1.29 is 13.3 Å². The van der Waals surface area contributed by atoms with E-state index in [1.165, 1.54) is 43.7 Å². The van der Waals surface area contributed by atoms with Crippen molar-refractivity contribution in [3.05, 3.63) is 57.9 Å². The number of nitro benzene ring substituents is 1. The molecule has 0 amide bonds. The summed E-state index contributed by atoms with van der Waals surface area (Å²) in [6.07, 6.45) is 2.90. The second kappa shape index (κ2) is 5.66. The molecule has 0 bridgehead atoms. The highest BCUT2D eigenvalue weighted by Gasteiger charge is 2.25. The summed E-state index contributed by atoms with van der Waals surface area (Å²) in [6.45, 7) is 0. The van der Waals surface area contributed by atoms with Gasteiger partial charge in [-0.15, -0.1) is 0 Å². The lowest BCUT2D eigenvalue weighted by Gasteiger charge is -2.19. The summed E-state index contributed by atoms with van der Waals surface area (Å²) < 4.78 is 25.9. The molecule has 110 valence electrons. The van der Waals surface area contributed by atoms with Gasteiger partial charge in [0.2, 0.25) is 0 Å². The van der Waals surface area contributed by atoms with Crippen LogP contribution in [-0.2, 0) is 10.0 Å². The van der Waals surface area contributed by atoms with Gasteiger partial charge in [0.15, 0.2) is 0 Å². The fourth-order valence-corrected chi connectivity index (χ4v) is 3.05. The molecule has 2 aromatic rings. The Kier molecular flexibility index (Phi) is 4.10. The van der Waals surface area contributed by atoms with E-state index in [1.54, 1.807) is 0 Å². The zero-order valence-electron chi connectivity index (χ0n) is 10.8. The normalized spacial score (nSPS) is 11.1. The van der Waals surface area contributed by atoms with E-state index in [9.17, 15) is 18.5 Å². The van der Waals surface area contributed by atoms with E-state index in [2.05, 4.69) is 4.98 Å². The minimum absolute atomic E-state index is 0.120. The Labute approximate surface area is 126 Å². The third-order valence-corrected chi connectivity index (χ3v) is 4.90. The Hall–Kier alpha value is -2.19. The molecule has 1 aromatic carbocycles. The van der Waals surface area contributed by atoms with Gasteiger partial charge in [-0.1, -0.05) is 11.6 Å². The smallest absolute Gasteiger partial charge is 0.269 e. The van der Waals surface area contributed by atoms with Gasteiger partial charge in [-0.3, -0.25) is 19.4 Å². The number of aromatic nitrogens is 1. The highest BCUT2D eigenvalue weighted by Crippen LogP contribution is 2.29. The zero-order chi connectivity index (χ0) is 15.6. The molecule has 0 aliphatic rings. The quantitative estimate of drug-likeness (QED) is 0.635. The minimum Gasteiger partial charge on any atom is -0.269 e. The van der Waals surface area contributed by atoms with Crippen molar-refractivity contribution in [2.45, 2.75) is 4.90 Å². The van der Waals surface area contributed by atoms with Crippen LogP contribution in [0.5, 0.6) is 0 Å². The Balaban J connectivity index is 2.50. The van der Waals surface area contributed by atoms with Crippen LogP contribution in [0.25, 0.3) is 0 Å². The monoisotopic (exact) mass is 327 g/mol. The van der Waals surface area contributed by atoms with Crippen molar-refractivity contribution in [2.24, 2.45) is 0 Å². The minimum atomic E-state index is -3.92. The number of pyridine rings is 1. The highest BCUT2D eigenvalue weighted by molar-refractivity contribution is 7.92. The predicted octanol–water partition coefficient (Wildman–Crippen LogP) is 2.47. The molecular formula is C12H10ClN3O4S. The average molecular weight is 328 g/mol. The number of benzene rings is 1. The summed E-state index contributed by atoms with van der Waals surface area (Å²) >= 11 is 5.68. The van der Waals surface area contributed by atoms with Crippen LogP contribution in [0.1, 0.15) is 0 Å². The topological polar surface area (TPSA) is 93.4 Å². The Morgan fingerprint density at radius 3 is 2.43 bits per heavy atom. The molecule has 7 nitrogen and oxygen atoms in total. The van der Waals surface area contributed by atoms with Crippen molar-refractivity contribution >= 4 is 33.0 Å². The first-order valence-electron chi connectivity index (χ1n) is 5.67. The first-order chi connectivity index (χ1) is 9.84. The number of rotatable bonds is 4. The first-order valence-corrected chi connectivity index (χ1v) is 7.49. The van der Waals surface area contributed by atoms with Crippen LogP contribution in [0.4, 0.5) is 11.4 Å². The van der Waals surface area contributed by atoms with E-state index < -0.39 is 20.6 Å². The molecule has 0 aliphatic heterocycles. The standard InChI is InChI=1S/C12H10ClN3O4S/c1-15(9-4-6-14-7-5-9)21(19,20)10-2-3-11(13)12(8-10)16(17)18/h2-8H,1H3. The largest absolute Gasteiger partial charge is 0.289 e. The Bertz CT molecular complexity index is 780. The molecule has 0 unspecified atom stereocenters. The molecule has 21 heavy (non-hydrogen) atoms. The van der Waals surface area contributed by atoms with Crippen LogP contribution in [-0.4, -0.2) is 25.4 Å². The maximum atomic E-state index is 12.5. The lowest BCUT2D eigenvalue weighted by molar-refractivity contribution is -0.384. The van der Waals surface area contributed by atoms with Gasteiger partial charge >= 0.3 is 0 Å². The summed E-state index contributed by atoms with van der Waals surface area (Å²) in [4.78, 5) is 13.7. The van der Waals surface area contributed by atoms with E-state index >= 15 is 0 Å². The summed E-state index contributed by atoms with van der Waals surface area (Å²) in [5.41, 5.74) is -0.0662. The molecule has 9 heteroatoms. The van der Waals surface area contributed by atoms with E-state index in [-0.39, 0.29) is 9.92 Å². The number of sulfonamides is 1. The van der Waals surface area contributed by atoms with Crippen LogP contribution in [0.15, 0.2) is 47.6 Å². The van der Waals surface area contributed by atoms with Crippen LogP contribution in [0, 0.1) is 10.1 Å². The fraction of sp³-hybridized carbons (Fsp3) is 0.0833. The number of hydrogen-bond acceptors (Lipinski definition) is 5. The van der Waals surface area contributed by atoms with Crippen molar-refractivity contribution in [3.8, 4) is 0 Å². The number of nitrogens with zero attached hydrogens (tertiary/aromatic N) is 3. The molecule has 0 radical (unpaired) electrons. The fourth-order valence-electron chi connectivity index (χ4n) is 1.64. The lowest BCUT2D eigenvalue weighted by Crippen LogP contribution is -2.26. The molecule has 1 aromatic heterocycles. The number of nitro groups is 1. The Morgan fingerprint density at radius 1 is 1.24 bits per heavy atom. The van der Waals surface area contributed by atoms with Gasteiger partial charge in [-0.2, -0.15) is 0 Å². The van der Waals surface area contributed by atoms with Gasteiger partial charge in [-0.25, -0.2) is 8.42 Å². The van der Waals surface area contributed by atoms with E-state index in [1.807, 2.05) is 0 Å². The van der Waals surface area contributed by atoms with Crippen LogP contribution in [0.2, 0.25) is 5.02 Å². The summed E-state index contributed by atoms with van der Waals surface area (Å²) in [5.74, 6) is 0. The SMILES string of the molecule is CN(c1ccncc1)S(=O)(=O)c1ccc(Cl)c([N+](=O)[O-])c1. The molecule has 0 saturated carbocycles. The lowest BCUT2D eigenvalue weighted by atomic mass is 10.3. The molecule has 0 spiro atoms. The second-order valence-electron chi connectivity index (χ2n) is 4.05. The van der Waals surface area contributed by atoms with Crippen LogP contribution >= 0.6 is 11.6 Å². The first kappa shape index (κ1) is 15.2. The second-order valence-corrected chi connectivity index (χ2v) is 6.42. The third-order valence-electron chi connectivity index (χ3n) is 2.80. The van der Waals surface area contributed by atoms with Crippen molar-refractivity contribution in [1.29, 1.82) is 0 Å². The summed E-state index contributed by atoms with van der Waals surface area (Å²) in [6, 6.07) is 6.38. The molecule has 0 fully saturated rings. The van der Waals surface area contributed by atoms with Crippen molar-refractivity contribution in [2.75, 3.05) is 11.4 Å². The predicted molar refractivity (Wildman–Crippen MR) is 77.9 cm³/mol. The van der Waals surface area contributed by atoms with Gasteiger partial charge in [0.05, 0.1) is 15.5 Å². The van der Waals surface area contributed by atoms with Gasteiger partial charge in [-0.05, 0) is 24.3 Å².